The molecular formula is C17H25N. The number of nitrogens with one attached hydrogen (secondary N) is 1. The number of aromatic nitrogens is 1. The van der Waals surface area contributed by atoms with Crippen LogP contribution in [0.3, 0.4) is 0 Å². The van der Waals surface area contributed by atoms with E-state index in [2.05, 4.69) is 43.6 Å². The number of allylic oxidation sites excluding steroid dienone is 3. The van der Waals surface area contributed by atoms with Crippen LogP contribution in [0.4, 0.5) is 0 Å². The van der Waals surface area contributed by atoms with E-state index in [0.717, 1.165) is 10.7 Å². The van der Waals surface area contributed by atoms with E-state index in [1.165, 1.54) is 10.4 Å². The minimum absolute atomic E-state index is 1.11. The Morgan fingerprint density at radius 2 is 1.39 bits per heavy atom. The molecule has 0 bridgehead atoms. The zero-order valence-corrected chi connectivity index (χ0v) is 12.2. The predicted molar refractivity (Wildman–Crippen MR) is 84.9 cm³/mol. The van der Waals surface area contributed by atoms with E-state index in [9.17, 15) is 0 Å². The highest BCUT2D eigenvalue weighted by Crippen LogP contribution is 1.69. The Balaban J connectivity index is 0.00000137. The van der Waals surface area contributed by atoms with Gasteiger partial charge in [0.1, 0.15) is 0 Å². The molecule has 0 aliphatic heterocycles. The van der Waals surface area contributed by atoms with E-state index in [1.54, 1.807) is 6.08 Å². The first-order chi connectivity index (χ1) is 8.78. The molecule has 1 rings (SSSR count). The lowest BCUT2D eigenvalue weighted by Gasteiger charge is -1.77. The van der Waals surface area contributed by atoms with Gasteiger partial charge in [-0.2, -0.15) is 0 Å². The molecule has 0 saturated heterocycles. The van der Waals surface area contributed by atoms with Crippen LogP contribution in [-0.2, 0) is 0 Å². The molecule has 0 saturated carbocycles. The van der Waals surface area contributed by atoms with Crippen LogP contribution in [0.1, 0.15) is 34.6 Å². The van der Waals surface area contributed by atoms with Crippen LogP contribution >= 0.6 is 0 Å². The summed E-state index contributed by atoms with van der Waals surface area (Å²) in [4.78, 5) is 3.39. The van der Waals surface area contributed by atoms with Gasteiger partial charge in [0.15, 0.2) is 0 Å². The minimum atomic E-state index is 1.11. The van der Waals surface area contributed by atoms with Gasteiger partial charge in [0.05, 0.1) is 0 Å². The fourth-order valence-electron chi connectivity index (χ4n) is 1.77. The number of H-pyrrole nitrogens is 1. The van der Waals surface area contributed by atoms with Crippen molar-refractivity contribution in [1.82, 2.24) is 4.98 Å². The van der Waals surface area contributed by atoms with Crippen molar-refractivity contribution in [3.05, 3.63) is 45.9 Å². The van der Waals surface area contributed by atoms with E-state index in [-0.39, 0.29) is 0 Å². The van der Waals surface area contributed by atoms with Gasteiger partial charge >= 0.3 is 0 Å². The normalized spacial score (nSPS) is 15.2. The second-order valence-electron chi connectivity index (χ2n) is 3.45. The molecule has 1 heterocycles. The Morgan fingerprint density at radius 3 is 1.78 bits per heavy atom. The maximum Gasteiger partial charge on any atom is 0.0461 e. The van der Waals surface area contributed by atoms with Gasteiger partial charge in [0, 0.05) is 21.1 Å². The van der Waals surface area contributed by atoms with Gasteiger partial charge in [-0.15, -0.1) is 0 Å². The molecule has 1 aromatic heterocycles. The molecule has 1 heteroatoms. The molecule has 0 unspecified atom stereocenters. The fourth-order valence-corrected chi connectivity index (χ4v) is 1.77. The third-order valence-corrected chi connectivity index (χ3v) is 2.46. The highest BCUT2D eigenvalue weighted by molar-refractivity contribution is 5.42. The van der Waals surface area contributed by atoms with E-state index in [0.29, 0.717) is 0 Å². The van der Waals surface area contributed by atoms with Gasteiger partial charge in [0.2, 0.25) is 0 Å². The van der Waals surface area contributed by atoms with Crippen molar-refractivity contribution in [2.75, 3.05) is 0 Å². The van der Waals surface area contributed by atoms with Crippen LogP contribution in [0.15, 0.2) is 24.8 Å². The van der Waals surface area contributed by atoms with Crippen molar-refractivity contribution in [2.24, 2.45) is 0 Å². The molecule has 0 fully saturated rings. The summed E-state index contributed by atoms with van der Waals surface area (Å²) >= 11 is 0. The molecular weight excluding hydrogens is 218 g/mol. The summed E-state index contributed by atoms with van der Waals surface area (Å²) in [6.45, 7) is 13.9. The Labute approximate surface area is 110 Å². The molecule has 0 radical (unpaired) electrons. The highest BCUT2D eigenvalue weighted by atomic mass is 14.7. The van der Waals surface area contributed by atoms with Crippen LogP contribution in [0.2, 0.25) is 0 Å². The molecule has 0 amide bonds. The van der Waals surface area contributed by atoms with Crippen molar-refractivity contribution in [2.45, 2.75) is 34.6 Å². The molecule has 0 aliphatic rings. The van der Waals surface area contributed by atoms with Crippen molar-refractivity contribution in [1.29, 1.82) is 0 Å². The quantitative estimate of drug-likeness (QED) is 0.817. The van der Waals surface area contributed by atoms with E-state index in [4.69, 9.17) is 0 Å². The number of hydrogen-bond acceptors (Lipinski definition) is 0. The van der Waals surface area contributed by atoms with E-state index in [1.807, 2.05) is 39.0 Å². The smallest absolute Gasteiger partial charge is 0.0461 e. The van der Waals surface area contributed by atoms with Crippen molar-refractivity contribution in [3.63, 3.8) is 0 Å². The summed E-state index contributed by atoms with van der Waals surface area (Å²) in [7, 11) is 0. The predicted octanol–water partition coefficient (Wildman–Crippen LogP) is 1.96. The summed E-state index contributed by atoms with van der Waals surface area (Å²) in [5.41, 5.74) is 0. The number of hydrogen-bond donors (Lipinski definition) is 1. The Kier molecular flexibility index (Phi) is 8.38. The topological polar surface area (TPSA) is 15.8 Å². The molecule has 0 atom stereocenters. The Morgan fingerprint density at radius 1 is 0.889 bits per heavy atom. The summed E-state index contributed by atoms with van der Waals surface area (Å²) in [6.07, 6.45) is 14.2. The molecule has 0 aromatic carbocycles. The maximum atomic E-state index is 3.73. The SMILES string of the molecule is C=C/C=c1[nH]c(=C/C=C\C)/c(=C\C)c/1=C/C.CC. The summed E-state index contributed by atoms with van der Waals surface area (Å²) in [5.74, 6) is 0. The summed E-state index contributed by atoms with van der Waals surface area (Å²) in [6, 6.07) is 0. The maximum absolute atomic E-state index is 3.73. The van der Waals surface area contributed by atoms with Crippen LogP contribution in [0.25, 0.3) is 24.3 Å². The van der Waals surface area contributed by atoms with Gasteiger partial charge in [0.25, 0.3) is 0 Å². The van der Waals surface area contributed by atoms with Crippen LogP contribution in [0, 0.1) is 0 Å². The van der Waals surface area contributed by atoms with Gasteiger partial charge in [-0.25, -0.2) is 0 Å². The number of rotatable bonds is 2. The molecule has 0 aliphatic carbocycles. The Bertz CT molecular complexity index is 610. The van der Waals surface area contributed by atoms with Gasteiger partial charge in [-0.05, 0) is 32.9 Å². The van der Waals surface area contributed by atoms with Gasteiger partial charge in [-0.3, -0.25) is 0 Å². The Hall–Kier alpha value is -1.76. The number of aromatic amines is 1. The fraction of sp³-hybridized carbons (Fsp3) is 0.294. The molecule has 0 spiro atoms. The molecule has 1 N–H and O–H groups in total. The standard InChI is InChI=1S/C15H19N.C2H6/c1-5-9-11-15-13(8-4)12(7-3)14(16-15)10-6-2;1-2/h5-11,16H,2H2,1,3-4H3;1-2H3/b9-5-,12-7-,13-8-,14-10+,15-11+;. The van der Waals surface area contributed by atoms with Crippen LogP contribution < -0.4 is 21.1 Å². The van der Waals surface area contributed by atoms with Crippen LogP contribution in [0.5, 0.6) is 0 Å². The van der Waals surface area contributed by atoms with Crippen molar-refractivity contribution < 1.29 is 0 Å². The zero-order valence-electron chi connectivity index (χ0n) is 12.2. The lowest BCUT2D eigenvalue weighted by atomic mass is 10.3. The highest BCUT2D eigenvalue weighted by Gasteiger charge is 1.91. The first-order valence-electron chi connectivity index (χ1n) is 6.54. The molecule has 18 heavy (non-hydrogen) atoms. The zero-order chi connectivity index (χ0) is 14.0. The third-order valence-electron chi connectivity index (χ3n) is 2.46. The van der Waals surface area contributed by atoms with Gasteiger partial charge < -0.3 is 4.98 Å². The first kappa shape index (κ1) is 16.2. The van der Waals surface area contributed by atoms with E-state index >= 15 is 0 Å². The average molecular weight is 243 g/mol. The average Bonchev–Trinajstić information content (AvgIpc) is 2.75. The molecule has 1 nitrogen and oxygen atoms in total. The largest absolute Gasteiger partial charge is 0.355 e. The summed E-state index contributed by atoms with van der Waals surface area (Å²) in [5, 5.41) is 4.73. The lowest BCUT2D eigenvalue weighted by molar-refractivity contribution is 1.26. The molecule has 98 valence electrons. The third kappa shape index (κ3) is 3.92. The van der Waals surface area contributed by atoms with Crippen molar-refractivity contribution >= 4 is 24.3 Å². The monoisotopic (exact) mass is 243 g/mol. The van der Waals surface area contributed by atoms with Crippen LogP contribution in [-0.4, -0.2) is 4.98 Å². The molecule has 1 aromatic rings. The summed E-state index contributed by atoms with van der Waals surface area (Å²) < 4.78 is 0. The van der Waals surface area contributed by atoms with Crippen molar-refractivity contribution in [3.8, 4) is 0 Å². The first-order valence-corrected chi connectivity index (χ1v) is 6.54. The lowest BCUT2D eigenvalue weighted by Crippen LogP contribution is -2.36. The second kappa shape index (κ2) is 9.29. The minimum Gasteiger partial charge on any atom is -0.355 e. The second-order valence-corrected chi connectivity index (χ2v) is 3.45. The van der Waals surface area contributed by atoms with Gasteiger partial charge in [-0.1, -0.05) is 50.8 Å². The van der Waals surface area contributed by atoms with E-state index < -0.39 is 0 Å².